The van der Waals surface area contributed by atoms with Crippen molar-refractivity contribution < 1.29 is 23.4 Å². The van der Waals surface area contributed by atoms with Crippen LogP contribution in [0.4, 0.5) is 9.18 Å². The maximum absolute atomic E-state index is 13.5. The van der Waals surface area contributed by atoms with Crippen LogP contribution in [0.5, 0.6) is 17.2 Å². The highest BCUT2D eigenvalue weighted by atomic mass is 35.5. The molecule has 1 N–H and O–H groups in total. The van der Waals surface area contributed by atoms with Gasteiger partial charge in [0.15, 0.2) is 11.5 Å². The third kappa shape index (κ3) is 5.65. The van der Waals surface area contributed by atoms with Gasteiger partial charge in [-0.2, -0.15) is 0 Å². The van der Waals surface area contributed by atoms with E-state index in [1.807, 2.05) is 30.5 Å². The summed E-state index contributed by atoms with van der Waals surface area (Å²) < 4.78 is 32.6. The molecule has 212 valence electrons. The van der Waals surface area contributed by atoms with Crippen molar-refractivity contribution in [1.29, 1.82) is 0 Å². The van der Waals surface area contributed by atoms with Crippen LogP contribution in [0.15, 0.2) is 89.4 Å². The third-order valence-electron chi connectivity index (χ3n) is 7.48. The number of nitrogens with zero attached hydrogens (tertiary/aromatic N) is 4. The monoisotopic (exact) mass is 577 g/mol. The van der Waals surface area contributed by atoms with E-state index in [1.54, 1.807) is 22.9 Å². The Morgan fingerprint density at radius 1 is 1.20 bits per heavy atom. The van der Waals surface area contributed by atoms with Crippen molar-refractivity contribution in [1.82, 2.24) is 25.2 Å². The van der Waals surface area contributed by atoms with Gasteiger partial charge >= 0.3 is 6.09 Å². The minimum absolute atomic E-state index is 0.0487. The van der Waals surface area contributed by atoms with Crippen molar-refractivity contribution in [2.45, 2.75) is 31.5 Å². The van der Waals surface area contributed by atoms with Crippen LogP contribution >= 0.6 is 11.6 Å². The zero-order chi connectivity index (χ0) is 28.3. The van der Waals surface area contributed by atoms with Gasteiger partial charge in [-0.05, 0) is 60.0 Å². The minimum atomic E-state index is -0.527. The molecule has 0 saturated carbocycles. The van der Waals surface area contributed by atoms with Gasteiger partial charge in [-0.3, -0.25) is 9.58 Å². The van der Waals surface area contributed by atoms with Gasteiger partial charge in [0.1, 0.15) is 17.6 Å². The van der Waals surface area contributed by atoms with Crippen molar-refractivity contribution in [3.8, 4) is 17.2 Å². The second-order valence-electron chi connectivity index (χ2n) is 9.99. The van der Waals surface area contributed by atoms with Crippen molar-refractivity contribution in [2.24, 2.45) is 5.92 Å². The Morgan fingerprint density at radius 2 is 2.05 bits per heavy atom. The molecule has 0 fully saturated rings. The van der Waals surface area contributed by atoms with Crippen LogP contribution in [-0.2, 0) is 6.54 Å². The topological polar surface area (TPSA) is 90.7 Å². The molecule has 41 heavy (non-hydrogen) atoms. The molecular weight excluding hydrogens is 549 g/mol. The van der Waals surface area contributed by atoms with E-state index in [1.165, 1.54) is 29.8 Å². The molecule has 0 spiro atoms. The van der Waals surface area contributed by atoms with Crippen molar-refractivity contribution in [2.75, 3.05) is 20.3 Å². The number of halogens is 2. The van der Waals surface area contributed by atoms with E-state index in [0.29, 0.717) is 42.6 Å². The number of nitrogens with one attached hydrogen (secondary N) is 1. The van der Waals surface area contributed by atoms with Crippen molar-refractivity contribution in [3.63, 3.8) is 0 Å². The molecule has 3 aromatic rings. The van der Waals surface area contributed by atoms with E-state index < -0.39 is 18.0 Å². The van der Waals surface area contributed by atoms with E-state index in [0.717, 1.165) is 17.7 Å². The number of amides is 1. The highest BCUT2D eigenvalue weighted by Gasteiger charge is 2.43. The number of methoxy groups -OCH3 is 1. The Morgan fingerprint density at radius 3 is 2.83 bits per heavy atom. The Kier molecular flexibility index (Phi) is 7.65. The van der Waals surface area contributed by atoms with Crippen LogP contribution in [0.25, 0.3) is 0 Å². The highest BCUT2D eigenvalue weighted by Crippen LogP contribution is 2.46. The number of aromatic nitrogens is 3. The van der Waals surface area contributed by atoms with Gasteiger partial charge in [0.2, 0.25) is 0 Å². The lowest BCUT2D eigenvalue weighted by Crippen LogP contribution is -2.43. The molecule has 3 unspecified atom stereocenters. The van der Waals surface area contributed by atoms with E-state index in [9.17, 15) is 9.18 Å². The summed E-state index contributed by atoms with van der Waals surface area (Å²) >= 11 is 6.36. The van der Waals surface area contributed by atoms with Gasteiger partial charge in [0.25, 0.3) is 0 Å². The molecule has 3 aliphatic rings. The summed E-state index contributed by atoms with van der Waals surface area (Å²) in [5.41, 5.74) is 2.99. The fraction of sp³-hybridized carbons (Fsp3) is 0.300. The molecule has 0 saturated heterocycles. The number of rotatable bonds is 8. The predicted octanol–water partition coefficient (Wildman–Crippen LogP) is 5.38. The Labute approximate surface area is 241 Å². The highest BCUT2D eigenvalue weighted by molar-refractivity contribution is 6.31. The number of allylic oxidation sites excluding steroid dienone is 2. The lowest BCUT2D eigenvalue weighted by Gasteiger charge is -2.37. The molecule has 9 nitrogen and oxygen atoms in total. The van der Waals surface area contributed by atoms with Crippen molar-refractivity contribution in [3.05, 3.63) is 101 Å². The molecular formula is C30H29ClFN5O4. The standard InChI is InChI=1S/C30H29ClFN5O4/c1-39-27-17-19(3-10-26(27)40-16-2-13-36-15-12-33-35-36)29-28-23(24-18-20(31)4-9-25(24)34-28)11-14-37(29)30(38)41-22-7-5-21(32)6-8-22/h3-10,12,15,17-18,24-25,29,34H,2,11,13-14,16H2,1H3. The van der Waals surface area contributed by atoms with Crippen LogP contribution in [-0.4, -0.2) is 52.3 Å². The Hall–Kier alpha value is -4.31. The maximum atomic E-state index is 13.5. The zero-order valence-corrected chi connectivity index (χ0v) is 23.1. The second-order valence-corrected chi connectivity index (χ2v) is 10.4. The van der Waals surface area contributed by atoms with E-state index in [-0.39, 0.29) is 17.7 Å². The molecule has 2 aliphatic heterocycles. The number of hydrogen-bond donors (Lipinski definition) is 1. The Bertz CT molecular complexity index is 1510. The quantitative estimate of drug-likeness (QED) is 0.360. The van der Waals surface area contributed by atoms with Gasteiger partial charge < -0.3 is 19.5 Å². The third-order valence-corrected chi connectivity index (χ3v) is 7.74. The number of aryl methyl sites for hydroxylation is 1. The minimum Gasteiger partial charge on any atom is -0.493 e. The smallest absolute Gasteiger partial charge is 0.416 e. The summed E-state index contributed by atoms with van der Waals surface area (Å²) in [4.78, 5) is 15.2. The molecule has 2 aromatic carbocycles. The predicted molar refractivity (Wildman–Crippen MR) is 150 cm³/mol. The molecule has 1 aromatic heterocycles. The molecule has 1 amide bonds. The number of hydrogen-bond acceptors (Lipinski definition) is 7. The summed E-state index contributed by atoms with van der Waals surface area (Å²) in [5, 5.41) is 12.1. The molecule has 6 rings (SSSR count). The van der Waals surface area contributed by atoms with Crippen LogP contribution < -0.4 is 19.5 Å². The second kappa shape index (κ2) is 11.7. The average Bonchev–Trinajstić information content (AvgIpc) is 3.64. The average molecular weight is 578 g/mol. The lowest BCUT2D eigenvalue weighted by molar-refractivity contribution is 0.133. The van der Waals surface area contributed by atoms with E-state index in [2.05, 4.69) is 27.8 Å². The lowest BCUT2D eigenvalue weighted by atomic mass is 9.85. The molecule has 11 heteroatoms. The summed E-state index contributed by atoms with van der Waals surface area (Å²) in [6.45, 7) is 1.59. The molecule has 0 bridgehead atoms. The first-order chi connectivity index (χ1) is 20.0. The maximum Gasteiger partial charge on any atom is 0.416 e. The number of carbonyl (C=O) groups excluding carboxylic acids is 1. The van der Waals surface area contributed by atoms with Gasteiger partial charge in [0, 0.05) is 42.4 Å². The summed E-state index contributed by atoms with van der Waals surface area (Å²) in [7, 11) is 1.59. The SMILES string of the molecule is COc1cc(C2C3=C(CCN2C(=O)Oc2ccc(F)cc2)C2C=C(Cl)C=CC2N3)ccc1OCCCn1ccnn1. The van der Waals surface area contributed by atoms with Gasteiger partial charge in [0.05, 0.1) is 26.0 Å². The number of fused-ring (bicyclic) bond motifs is 2. The van der Waals surface area contributed by atoms with Crippen LogP contribution in [0.1, 0.15) is 24.4 Å². The van der Waals surface area contributed by atoms with Crippen molar-refractivity contribution >= 4 is 17.7 Å². The molecule has 3 heterocycles. The van der Waals surface area contributed by atoms with E-state index >= 15 is 0 Å². The summed E-state index contributed by atoms with van der Waals surface area (Å²) in [6.07, 6.45) is 10.3. The molecule has 0 radical (unpaired) electrons. The zero-order valence-electron chi connectivity index (χ0n) is 22.4. The van der Waals surface area contributed by atoms with E-state index in [4.69, 9.17) is 25.8 Å². The fourth-order valence-corrected chi connectivity index (χ4v) is 5.78. The number of benzene rings is 2. The largest absolute Gasteiger partial charge is 0.493 e. The first-order valence-corrected chi connectivity index (χ1v) is 13.8. The fourth-order valence-electron chi connectivity index (χ4n) is 5.57. The van der Waals surface area contributed by atoms with Gasteiger partial charge in [-0.25, -0.2) is 9.18 Å². The van der Waals surface area contributed by atoms with Gasteiger partial charge in [-0.1, -0.05) is 35.0 Å². The number of ether oxygens (including phenoxy) is 3. The molecule has 3 atom stereocenters. The molecule has 1 aliphatic carbocycles. The van der Waals surface area contributed by atoms with Crippen LogP contribution in [0, 0.1) is 11.7 Å². The summed E-state index contributed by atoms with van der Waals surface area (Å²) in [6, 6.07) is 10.7. The normalized spacial score (nSPS) is 21.1. The summed E-state index contributed by atoms with van der Waals surface area (Å²) in [5.74, 6) is 1.13. The number of carbonyl (C=O) groups is 1. The first-order valence-electron chi connectivity index (χ1n) is 13.4. The van der Waals surface area contributed by atoms with Gasteiger partial charge in [-0.15, -0.1) is 5.10 Å². The van der Waals surface area contributed by atoms with Crippen LogP contribution in [0.3, 0.4) is 0 Å². The first kappa shape index (κ1) is 26.9. The Balaban J connectivity index is 1.28. The van der Waals surface area contributed by atoms with Crippen LogP contribution in [0.2, 0.25) is 0 Å².